The third-order valence-electron chi connectivity index (χ3n) is 4.32. The highest BCUT2D eigenvalue weighted by Gasteiger charge is 2.14. The topological polar surface area (TPSA) is 54.7 Å². The van der Waals surface area contributed by atoms with E-state index in [0.717, 1.165) is 36.9 Å². The summed E-state index contributed by atoms with van der Waals surface area (Å²) in [6.45, 7) is 5.96. The van der Waals surface area contributed by atoms with Gasteiger partial charge in [-0.2, -0.15) is 5.10 Å². The van der Waals surface area contributed by atoms with Gasteiger partial charge in [0.05, 0.1) is 12.8 Å². The van der Waals surface area contributed by atoms with E-state index in [1.807, 2.05) is 30.9 Å². The van der Waals surface area contributed by atoms with Crippen molar-refractivity contribution in [1.82, 2.24) is 20.0 Å². The summed E-state index contributed by atoms with van der Waals surface area (Å²) in [6, 6.07) is 8.17. The van der Waals surface area contributed by atoms with E-state index >= 15 is 0 Å². The van der Waals surface area contributed by atoms with Crippen LogP contribution in [0.4, 0.5) is 0 Å². The monoisotopic (exact) mass is 485 g/mol. The Hall–Kier alpha value is -1.77. The Labute approximate surface area is 180 Å². The molecule has 2 rings (SSSR count). The highest BCUT2D eigenvalue weighted by atomic mass is 127. The summed E-state index contributed by atoms with van der Waals surface area (Å²) in [5.74, 6) is 2.18. The van der Waals surface area contributed by atoms with Gasteiger partial charge in [-0.1, -0.05) is 26.0 Å². The van der Waals surface area contributed by atoms with Crippen LogP contribution in [0.3, 0.4) is 0 Å². The summed E-state index contributed by atoms with van der Waals surface area (Å²) in [6.07, 6.45) is 3.03. The number of hydrogen-bond acceptors (Lipinski definition) is 3. The lowest BCUT2D eigenvalue weighted by atomic mass is 10.1. The number of benzene rings is 1. The zero-order valence-corrected chi connectivity index (χ0v) is 19.5. The number of hydrogen-bond donors (Lipinski definition) is 1. The van der Waals surface area contributed by atoms with Crippen LogP contribution in [0, 0.1) is 0 Å². The third kappa shape index (κ3) is 6.71. The average Bonchev–Trinajstić information content (AvgIpc) is 2.99. The van der Waals surface area contributed by atoms with Gasteiger partial charge in [0.25, 0.3) is 0 Å². The van der Waals surface area contributed by atoms with E-state index in [9.17, 15) is 0 Å². The molecular formula is C20H32IN5O. The first-order chi connectivity index (χ1) is 12.4. The van der Waals surface area contributed by atoms with Crippen molar-refractivity contribution in [2.75, 3.05) is 27.7 Å². The van der Waals surface area contributed by atoms with Gasteiger partial charge < -0.3 is 15.0 Å². The Kier molecular flexibility index (Phi) is 9.62. The fourth-order valence-electron chi connectivity index (χ4n) is 2.99. The Balaban J connectivity index is 0.00000364. The number of aliphatic imine (C=N–C) groups is 1. The highest BCUT2D eigenvalue weighted by Crippen LogP contribution is 2.18. The van der Waals surface area contributed by atoms with Crippen molar-refractivity contribution >= 4 is 29.9 Å². The number of halogens is 1. The lowest BCUT2D eigenvalue weighted by molar-refractivity contribution is 0.414. The van der Waals surface area contributed by atoms with Gasteiger partial charge in [-0.3, -0.25) is 9.67 Å². The summed E-state index contributed by atoms with van der Waals surface area (Å²) in [7, 11) is 7.53. The van der Waals surface area contributed by atoms with Crippen molar-refractivity contribution in [3.8, 4) is 5.75 Å². The number of nitrogens with one attached hydrogen (secondary N) is 1. The molecule has 27 heavy (non-hydrogen) atoms. The molecule has 0 aliphatic carbocycles. The normalized spacial score (nSPS) is 11.3. The molecule has 0 aliphatic rings. The highest BCUT2D eigenvalue weighted by molar-refractivity contribution is 14.0. The van der Waals surface area contributed by atoms with Crippen molar-refractivity contribution in [3.63, 3.8) is 0 Å². The molecule has 1 N–H and O–H groups in total. The van der Waals surface area contributed by atoms with Crippen LogP contribution in [0.1, 0.15) is 36.6 Å². The first-order valence-corrected chi connectivity index (χ1v) is 9.01. The van der Waals surface area contributed by atoms with Gasteiger partial charge in [0.15, 0.2) is 5.96 Å². The Bertz CT molecular complexity index is 724. The molecule has 6 nitrogen and oxygen atoms in total. The van der Waals surface area contributed by atoms with Crippen LogP contribution in [0.2, 0.25) is 0 Å². The molecule has 0 spiro atoms. The maximum absolute atomic E-state index is 5.20. The average molecular weight is 485 g/mol. The number of nitrogens with zero attached hydrogens (tertiary/aromatic N) is 4. The number of aromatic nitrogens is 2. The van der Waals surface area contributed by atoms with Crippen molar-refractivity contribution in [2.45, 2.75) is 32.7 Å². The molecule has 0 aliphatic heterocycles. The summed E-state index contributed by atoms with van der Waals surface area (Å²) in [5, 5.41) is 8.02. The predicted octanol–water partition coefficient (Wildman–Crippen LogP) is 3.42. The molecule has 0 saturated carbocycles. The second kappa shape index (κ2) is 11.2. The van der Waals surface area contributed by atoms with Crippen LogP contribution in [0.5, 0.6) is 5.75 Å². The maximum atomic E-state index is 5.20. The predicted molar refractivity (Wildman–Crippen MR) is 122 cm³/mol. The SMILES string of the molecule is CN=C(NCCc1ccc(OC)cc1)N(C)Cc1cn(C)nc1C(C)C.I. The molecule has 1 heterocycles. The molecule has 0 fully saturated rings. The molecule has 0 amide bonds. The van der Waals surface area contributed by atoms with Crippen molar-refractivity contribution in [3.05, 3.63) is 47.3 Å². The number of guanidine groups is 1. The molecule has 0 saturated heterocycles. The second-order valence-electron chi connectivity index (χ2n) is 6.80. The minimum absolute atomic E-state index is 0. The lowest BCUT2D eigenvalue weighted by Crippen LogP contribution is -2.39. The van der Waals surface area contributed by atoms with Gasteiger partial charge in [0, 0.05) is 46.0 Å². The van der Waals surface area contributed by atoms with E-state index in [2.05, 4.69) is 59.5 Å². The summed E-state index contributed by atoms with van der Waals surface area (Å²) in [5.41, 5.74) is 3.65. The third-order valence-corrected chi connectivity index (χ3v) is 4.32. The summed E-state index contributed by atoms with van der Waals surface area (Å²) in [4.78, 5) is 6.54. The second-order valence-corrected chi connectivity index (χ2v) is 6.80. The smallest absolute Gasteiger partial charge is 0.193 e. The van der Waals surface area contributed by atoms with E-state index in [-0.39, 0.29) is 24.0 Å². The first kappa shape index (κ1) is 23.3. The Morgan fingerprint density at radius 3 is 2.52 bits per heavy atom. The van der Waals surface area contributed by atoms with Crippen molar-refractivity contribution < 1.29 is 4.74 Å². The van der Waals surface area contributed by atoms with E-state index in [0.29, 0.717) is 5.92 Å². The van der Waals surface area contributed by atoms with Gasteiger partial charge >= 0.3 is 0 Å². The number of rotatable bonds is 7. The van der Waals surface area contributed by atoms with Crippen LogP contribution in [-0.4, -0.2) is 48.4 Å². The van der Waals surface area contributed by atoms with Crippen LogP contribution < -0.4 is 10.1 Å². The van der Waals surface area contributed by atoms with Gasteiger partial charge in [-0.25, -0.2) is 0 Å². The van der Waals surface area contributed by atoms with E-state index < -0.39 is 0 Å². The molecule has 0 unspecified atom stereocenters. The molecule has 1 aromatic carbocycles. The van der Waals surface area contributed by atoms with Gasteiger partial charge in [0.2, 0.25) is 0 Å². The van der Waals surface area contributed by atoms with Crippen LogP contribution >= 0.6 is 24.0 Å². The van der Waals surface area contributed by atoms with E-state index in [1.54, 1.807) is 7.11 Å². The Morgan fingerprint density at radius 1 is 1.30 bits per heavy atom. The van der Waals surface area contributed by atoms with Gasteiger partial charge in [0.1, 0.15) is 5.75 Å². The molecular weight excluding hydrogens is 453 g/mol. The maximum Gasteiger partial charge on any atom is 0.193 e. The van der Waals surface area contributed by atoms with E-state index in [1.165, 1.54) is 11.1 Å². The number of methoxy groups -OCH3 is 1. The quantitative estimate of drug-likeness (QED) is 0.371. The minimum atomic E-state index is 0. The van der Waals surface area contributed by atoms with Crippen LogP contribution in [0.15, 0.2) is 35.5 Å². The van der Waals surface area contributed by atoms with Crippen molar-refractivity contribution in [2.24, 2.45) is 12.0 Å². The van der Waals surface area contributed by atoms with Crippen LogP contribution in [0.25, 0.3) is 0 Å². The molecule has 150 valence electrons. The fourth-order valence-corrected chi connectivity index (χ4v) is 2.99. The Morgan fingerprint density at radius 2 is 1.96 bits per heavy atom. The zero-order chi connectivity index (χ0) is 19.1. The molecule has 2 aromatic rings. The van der Waals surface area contributed by atoms with Gasteiger partial charge in [-0.05, 0) is 30.0 Å². The first-order valence-electron chi connectivity index (χ1n) is 9.01. The molecule has 7 heteroatoms. The molecule has 0 bridgehead atoms. The minimum Gasteiger partial charge on any atom is -0.497 e. The number of aryl methyl sites for hydroxylation is 1. The molecule has 1 aromatic heterocycles. The van der Waals surface area contributed by atoms with Crippen LogP contribution in [-0.2, 0) is 20.0 Å². The molecule has 0 radical (unpaired) electrons. The largest absolute Gasteiger partial charge is 0.497 e. The summed E-state index contributed by atoms with van der Waals surface area (Å²) >= 11 is 0. The van der Waals surface area contributed by atoms with Crippen molar-refractivity contribution in [1.29, 1.82) is 0 Å². The molecule has 0 atom stereocenters. The zero-order valence-electron chi connectivity index (χ0n) is 17.2. The standard InChI is InChI=1S/C20H31N5O.HI/c1-15(2)19-17(14-25(5)23-19)13-24(4)20(21-3)22-12-11-16-7-9-18(26-6)10-8-16;/h7-10,14-15H,11-13H2,1-6H3,(H,21,22);1H. The van der Waals surface area contributed by atoms with Gasteiger partial charge in [-0.15, -0.1) is 24.0 Å². The number of ether oxygens (including phenoxy) is 1. The lowest BCUT2D eigenvalue weighted by Gasteiger charge is -2.22. The fraction of sp³-hybridized carbons (Fsp3) is 0.500. The van der Waals surface area contributed by atoms with E-state index in [4.69, 9.17) is 4.74 Å². The summed E-state index contributed by atoms with van der Waals surface area (Å²) < 4.78 is 7.08.